The van der Waals surface area contributed by atoms with Crippen molar-refractivity contribution in [3.8, 4) is 6.07 Å². The molecule has 2 aliphatic rings. The van der Waals surface area contributed by atoms with Crippen molar-refractivity contribution < 1.29 is 14.4 Å². The second kappa shape index (κ2) is 5.83. The number of benzene rings is 1. The van der Waals surface area contributed by atoms with E-state index in [-0.39, 0.29) is 11.3 Å². The van der Waals surface area contributed by atoms with Crippen LogP contribution in [0.5, 0.6) is 0 Å². The van der Waals surface area contributed by atoms with Gasteiger partial charge in [-0.2, -0.15) is 5.26 Å². The lowest BCUT2D eigenvalue weighted by Gasteiger charge is -2.39. The molecule has 2 fully saturated rings. The Morgan fingerprint density at radius 3 is 2.50 bits per heavy atom. The van der Waals surface area contributed by atoms with Gasteiger partial charge in [-0.05, 0) is 22.0 Å². The summed E-state index contributed by atoms with van der Waals surface area (Å²) in [4.78, 5) is 12.5. The first-order chi connectivity index (χ1) is 10.5. The SMILES string of the molecule is N#Cc1cc(N2CCC3(CC2)OCCO3)c(Br)cc1[N+](=O)[O-]. The maximum absolute atomic E-state index is 11.0. The Balaban J connectivity index is 1.84. The summed E-state index contributed by atoms with van der Waals surface area (Å²) in [6.45, 7) is 2.67. The minimum atomic E-state index is -0.543. The summed E-state index contributed by atoms with van der Waals surface area (Å²) in [6.07, 6.45) is 1.47. The van der Waals surface area contributed by atoms with Crippen LogP contribution in [-0.4, -0.2) is 37.0 Å². The number of halogens is 1. The second-order valence-electron chi connectivity index (χ2n) is 5.28. The fourth-order valence-corrected chi connectivity index (χ4v) is 3.49. The van der Waals surface area contributed by atoms with E-state index in [0.717, 1.165) is 18.5 Å². The van der Waals surface area contributed by atoms with Gasteiger partial charge in [-0.25, -0.2) is 0 Å². The summed E-state index contributed by atoms with van der Waals surface area (Å²) in [6, 6.07) is 4.85. The maximum Gasteiger partial charge on any atom is 0.288 e. The Kier molecular flexibility index (Phi) is 4.04. The third-order valence-electron chi connectivity index (χ3n) is 4.06. The minimum absolute atomic E-state index is 0.0665. The lowest BCUT2D eigenvalue weighted by atomic mass is 10.0. The zero-order valence-electron chi connectivity index (χ0n) is 11.7. The van der Waals surface area contributed by atoms with Crippen molar-refractivity contribution in [1.82, 2.24) is 0 Å². The number of nitriles is 1. The molecule has 2 heterocycles. The van der Waals surface area contributed by atoms with Gasteiger partial charge >= 0.3 is 0 Å². The van der Waals surface area contributed by atoms with Gasteiger partial charge in [-0.3, -0.25) is 10.1 Å². The van der Waals surface area contributed by atoms with Gasteiger partial charge in [-0.15, -0.1) is 0 Å². The maximum atomic E-state index is 11.0. The first-order valence-corrected chi connectivity index (χ1v) is 7.75. The molecular weight excluding hydrogens is 354 g/mol. The van der Waals surface area contributed by atoms with Crippen LogP contribution in [0.2, 0.25) is 0 Å². The number of anilines is 1. The molecule has 1 aromatic carbocycles. The van der Waals surface area contributed by atoms with Gasteiger partial charge in [-0.1, -0.05) is 0 Å². The molecule has 2 saturated heterocycles. The molecule has 0 amide bonds. The highest BCUT2D eigenvalue weighted by atomic mass is 79.9. The highest BCUT2D eigenvalue weighted by Crippen LogP contribution is 2.38. The van der Waals surface area contributed by atoms with Crippen molar-refractivity contribution in [1.29, 1.82) is 5.26 Å². The normalized spacial score (nSPS) is 20.1. The summed E-state index contributed by atoms with van der Waals surface area (Å²) < 4.78 is 12.0. The predicted molar refractivity (Wildman–Crippen MR) is 81.6 cm³/mol. The molecule has 0 atom stereocenters. The van der Waals surface area contributed by atoms with E-state index in [2.05, 4.69) is 20.8 Å². The van der Waals surface area contributed by atoms with E-state index in [0.29, 0.717) is 30.8 Å². The van der Waals surface area contributed by atoms with Gasteiger partial charge in [0.15, 0.2) is 5.79 Å². The van der Waals surface area contributed by atoms with Crippen LogP contribution in [0.25, 0.3) is 0 Å². The van der Waals surface area contributed by atoms with Crippen LogP contribution in [0, 0.1) is 21.4 Å². The molecule has 1 spiro atoms. The smallest absolute Gasteiger partial charge is 0.288 e. The highest BCUT2D eigenvalue weighted by Gasteiger charge is 2.40. The Hall–Kier alpha value is -1.69. The number of ether oxygens (including phenoxy) is 2. The third kappa shape index (κ3) is 2.67. The molecule has 0 aromatic heterocycles. The quantitative estimate of drug-likeness (QED) is 0.589. The van der Waals surface area contributed by atoms with E-state index < -0.39 is 10.7 Å². The van der Waals surface area contributed by atoms with Crippen molar-refractivity contribution in [2.75, 3.05) is 31.2 Å². The van der Waals surface area contributed by atoms with Crippen molar-refractivity contribution in [2.45, 2.75) is 18.6 Å². The predicted octanol–water partition coefficient (Wildman–Crippen LogP) is 2.57. The van der Waals surface area contributed by atoms with Gasteiger partial charge in [0.25, 0.3) is 5.69 Å². The number of nitrogens with zero attached hydrogens (tertiary/aromatic N) is 3. The van der Waals surface area contributed by atoms with Crippen LogP contribution < -0.4 is 4.90 Å². The molecule has 22 heavy (non-hydrogen) atoms. The standard InChI is InChI=1S/C14H14BrN3O4/c15-11-8-12(18(19)20)10(9-16)7-13(11)17-3-1-14(2-4-17)21-5-6-22-14/h7-8H,1-6H2. The number of hydrogen-bond donors (Lipinski definition) is 0. The van der Waals surface area contributed by atoms with Gasteiger partial charge in [0.2, 0.25) is 0 Å². The first-order valence-electron chi connectivity index (χ1n) is 6.95. The second-order valence-corrected chi connectivity index (χ2v) is 6.14. The number of piperidine rings is 1. The van der Waals surface area contributed by atoms with Gasteiger partial charge in [0.05, 0.1) is 23.8 Å². The highest BCUT2D eigenvalue weighted by molar-refractivity contribution is 9.10. The van der Waals surface area contributed by atoms with E-state index in [1.54, 1.807) is 6.07 Å². The zero-order valence-corrected chi connectivity index (χ0v) is 13.3. The monoisotopic (exact) mass is 367 g/mol. The fraction of sp³-hybridized carbons (Fsp3) is 0.500. The number of nitro benzene ring substituents is 1. The molecule has 0 bridgehead atoms. The van der Waals surface area contributed by atoms with Crippen molar-refractivity contribution in [3.05, 3.63) is 32.3 Å². The van der Waals surface area contributed by atoms with Crippen LogP contribution in [-0.2, 0) is 9.47 Å². The molecule has 116 valence electrons. The molecule has 0 unspecified atom stereocenters. The van der Waals surface area contributed by atoms with Gasteiger partial charge in [0.1, 0.15) is 11.6 Å². The first kappa shape index (κ1) is 15.2. The van der Waals surface area contributed by atoms with Crippen LogP contribution >= 0.6 is 15.9 Å². The Bertz CT molecular complexity index is 642. The minimum Gasteiger partial charge on any atom is -0.370 e. The number of rotatable bonds is 2. The molecule has 3 rings (SSSR count). The summed E-state index contributed by atoms with van der Waals surface area (Å²) >= 11 is 3.37. The molecule has 0 N–H and O–H groups in total. The van der Waals surface area contributed by atoms with Crippen LogP contribution in [0.4, 0.5) is 11.4 Å². The largest absolute Gasteiger partial charge is 0.370 e. The van der Waals surface area contributed by atoms with Gasteiger partial charge < -0.3 is 14.4 Å². The van der Waals surface area contributed by atoms with Crippen molar-refractivity contribution >= 4 is 27.3 Å². The topological polar surface area (TPSA) is 88.6 Å². The molecule has 0 radical (unpaired) electrons. The van der Waals surface area contributed by atoms with E-state index in [9.17, 15) is 10.1 Å². The summed E-state index contributed by atoms with van der Waals surface area (Å²) in [5.41, 5.74) is 0.668. The average Bonchev–Trinajstić information content (AvgIpc) is 2.96. The van der Waals surface area contributed by atoms with E-state index in [4.69, 9.17) is 14.7 Å². The Morgan fingerprint density at radius 1 is 1.32 bits per heavy atom. The molecule has 0 aliphatic carbocycles. The summed E-state index contributed by atoms with van der Waals surface area (Å²) in [5.74, 6) is -0.470. The number of hydrogen-bond acceptors (Lipinski definition) is 6. The van der Waals surface area contributed by atoms with Crippen molar-refractivity contribution in [2.24, 2.45) is 0 Å². The Morgan fingerprint density at radius 2 is 1.95 bits per heavy atom. The average molecular weight is 368 g/mol. The van der Waals surface area contributed by atoms with Crippen LogP contribution in [0.1, 0.15) is 18.4 Å². The van der Waals surface area contributed by atoms with Crippen LogP contribution in [0.3, 0.4) is 0 Å². The fourth-order valence-electron chi connectivity index (χ4n) is 2.91. The molecule has 8 heteroatoms. The molecular formula is C14H14BrN3O4. The third-order valence-corrected chi connectivity index (χ3v) is 4.70. The zero-order chi connectivity index (χ0) is 15.7. The van der Waals surface area contributed by atoms with E-state index >= 15 is 0 Å². The molecule has 7 nitrogen and oxygen atoms in total. The lowest BCUT2D eigenvalue weighted by Crippen LogP contribution is -2.45. The van der Waals surface area contributed by atoms with Crippen molar-refractivity contribution in [3.63, 3.8) is 0 Å². The van der Waals surface area contributed by atoms with Crippen LogP contribution in [0.15, 0.2) is 16.6 Å². The lowest BCUT2D eigenvalue weighted by molar-refractivity contribution is -0.385. The Labute approximate surface area is 135 Å². The van der Waals surface area contributed by atoms with E-state index in [1.165, 1.54) is 6.07 Å². The van der Waals surface area contributed by atoms with E-state index in [1.807, 2.05) is 6.07 Å². The number of nitro groups is 1. The van der Waals surface area contributed by atoms with Gasteiger partial charge in [0, 0.05) is 36.5 Å². The molecule has 0 saturated carbocycles. The summed E-state index contributed by atoms with van der Waals surface area (Å²) in [7, 11) is 0. The molecule has 1 aromatic rings. The summed E-state index contributed by atoms with van der Waals surface area (Å²) in [5, 5.41) is 20.1. The molecule has 2 aliphatic heterocycles.